The molecule has 5 heteroatoms. The van der Waals surface area contributed by atoms with Crippen molar-refractivity contribution < 1.29 is 9.21 Å². The average molecular weight is 363 g/mol. The number of anilines is 1. The third-order valence-corrected chi connectivity index (χ3v) is 5.29. The van der Waals surface area contributed by atoms with Crippen molar-refractivity contribution in [3.63, 3.8) is 0 Å². The molecule has 1 amide bonds. The van der Waals surface area contributed by atoms with E-state index in [9.17, 15) is 4.79 Å². The van der Waals surface area contributed by atoms with Gasteiger partial charge >= 0.3 is 0 Å². The van der Waals surface area contributed by atoms with Gasteiger partial charge in [-0.1, -0.05) is 19.1 Å². The summed E-state index contributed by atoms with van der Waals surface area (Å²) in [5, 5.41) is 3.59. The van der Waals surface area contributed by atoms with Crippen LogP contribution in [-0.2, 0) is 6.54 Å². The van der Waals surface area contributed by atoms with Gasteiger partial charge in [-0.2, -0.15) is 0 Å². The Bertz CT molecular complexity index is 956. The normalized spacial score (nSPS) is 16.3. The van der Waals surface area contributed by atoms with Crippen LogP contribution in [0.2, 0.25) is 0 Å². The minimum Gasteiger partial charge on any atom is -0.467 e. The van der Waals surface area contributed by atoms with E-state index in [1.807, 2.05) is 41.3 Å². The number of carbonyl (C=O) groups excluding carboxylic acids is 1. The summed E-state index contributed by atoms with van der Waals surface area (Å²) in [6, 6.07) is 13.8. The second-order valence-electron chi connectivity index (χ2n) is 7.08. The van der Waals surface area contributed by atoms with Crippen molar-refractivity contribution >= 4 is 11.6 Å². The Kier molecular flexibility index (Phi) is 4.52. The van der Waals surface area contributed by atoms with Crippen LogP contribution in [0.1, 0.15) is 52.6 Å². The van der Waals surface area contributed by atoms with Gasteiger partial charge < -0.3 is 19.2 Å². The van der Waals surface area contributed by atoms with E-state index in [0.717, 1.165) is 40.4 Å². The highest BCUT2D eigenvalue weighted by atomic mass is 16.3. The number of carbonyl (C=O) groups is 1. The van der Waals surface area contributed by atoms with Crippen LogP contribution in [0.5, 0.6) is 0 Å². The van der Waals surface area contributed by atoms with E-state index < -0.39 is 0 Å². The molecule has 0 fully saturated rings. The molecule has 140 valence electrons. The maximum Gasteiger partial charge on any atom is 0.257 e. The van der Waals surface area contributed by atoms with Crippen LogP contribution in [0.3, 0.4) is 0 Å². The molecule has 0 saturated carbocycles. The van der Waals surface area contributed by atoms with Crippen molar-refractivity contribution in [2.24, 2.45) is 0 Å². The van der Waals surface area contributed by atoms with Crippen molar-refractivity contribution in [3.8, 4) is 0 Å². The number of hydrogen-bond donors (Lipinski definition) is 1. The third kappa shape index (κ3) is 3.03. The number of fused-ring (bicyclic) bond motifs is 1. The SMILES string of the molecule is CCCN1C(=O)c2ccccc2N[C@@H]1c1cc(C)n(Cc2ccco2)c1C. The maximum absolute atomic E-state index is 13.1. The van der Waals surface area contributed by atoms with Gasteiger partial charge in [-0.25, -0.2) is 0 Å². The molecule has 3 aromatic rings. The highest BCUT2D eigenvalue weighted by molar-refractivity contribution is 6.01. The number of nitrogens with zero attached hydrogens (tertiary/aromatic N) is 2. The quantitative estimate of drug-likeness (QED) is 0.713. The Balaban J connectivity index is 1.74. The fourth-order valence-electron chi connectivity index (χ4n) is 3.92. The van der Waals surface area contributed by atoms with E-state index in [0.29, 0.717) is 13.1 Å². The lowest BCUT2D eigenvalue weighted by atomic mass is 10.0. The molecule has 1 N–H and O–H groups in total. The summed E-state index contributed by atoms with van der Waals surface area (Å²) >= 11 is 0. The van der Waals surface area contributed by atoms with E-state index in [1.165, 1.54) is 0 Å². The first-order valence-corrected chi connectivity index (χ1v) is 9.45. The topological polar surface area (TPSA) is 50.4 Å². The number of para-hydroxylation sites is 1. The molecular weight excluding hydrogens is 338 g/mol. The number of nitrogens with one attached hydrogen (secondary N) is 1. The third-order valence-electron chi connectivity index (χ3n) is 5.29. The van der Waals surface area contributed by atoms with Gasteiger partial charge in [-0.3, -0.25) is 4.79 Å². The predicted octanol–water partition coefficient (Wildman–Crippen LogP) is 4.72. The summed E-state index contributed by atoms with van der Waals surface area (Å²) in [6.07, 6.45) is 2.45. The van der Waals surface area contributed by atoms with Crippen molar-refractivity contribution in [1.29, 1.82) is 0 Å². The highest BCUT2D eigenvalue weighted by Gasteiger charge is 2.34. The van der Waals surface area contributed by atoms with Crippen LogP contribution in [0.4, 0.5) is 5.69 Å². The number of benzene rings is 1. The Morgan fingerprint density at radius 3 is 2.70 bits per heavy atom. The molecule has 2 aromatic heterocycles. The number of rotatable bonds is 5. The van der Waals surface area contributed by atoms with Gasteiger partial charge in [0.25, 0.3) is 5.91 Å². The summed E-state index contributed by atoms with van der Waals surface area (Å²) in [5.74, 6) is 1.01. The number of hydrogen-bond acceptors (Lipinski definition) is 3. The molecule has 0 unspecified atom stereocenters. The molecule has 1 aromatic carbocycles. The summed E-state index contributed by atoms with van der Waals surface area (Å²) < 4.78 is 7.77. The van der Waals surface area contributed by atoms with Crippen LogP contribution in [0.25, 0.3) is 0 Å². The fraction of sp³-hybridized carbons (Fsp3) is 0.318. The van der Waals surface area contributed by atoms with Crippen molar-refractivity contribution in [3.05, 3.63) is 77.0 Å². The van der Waals surface area contributed by atoms with Gasteiger partial charge in [-0.15, -0.1) is 0 Å². The number of amides is 1. The first kappa shape index (κ1) is 17.5. The molecule has 0 radical (unpaired) electrons. The first-order valence-electron chi connectivity index (χ1n) is 9.45. The van der Waals surface area contributed by atoms with Gasteiger partial charge in [-0.05, 0) is 50.6 Å². The van der Waals surface area contributed by atoms with Crippen LogP contribution in [0, 0.1) is 13.8 Å². The Hall–Kier alpha value is -2.95. The highest BCUT2D eigenvalue weighted by Crippen LogP contribution is 2.35. The molecule has 27 heavy (non-hydrogen) atoms. The molecule has 1 aliphatic heterocycles. The number of aromatic nitrogens is 1. The smallest absolute Gasteiger partial charge is 0.257 e. The molecule has 4 rings (SSSR count). The summed E-state index contributed by atoms with van der Waals surface area (Å²) in [7, 11) is 0. The Morgan fingerprint density at radius 2 is 1.96 bits per heavy atom. The molecule has 0 saturated heterocycles. The van der Waals surface area contributed by atoms with Gasteiger partial charge in [0, 0.05) is 29.2 Å². The minimum absolute atomic E-state index is 0.0898. The van der Waals surface area contributed by atoms with Crippen LogP contribution >= 0.6 is 0 Å². The van der Waals surface area contributed by atoms with Crippen molar-refractivity contribution in [2.45, 2.75) is 39.9 Å². The standard InChI is InChI=1S/C22H25N3O2/c1-4-11-24-21(23-20-10-6-5-9-18(20)22(24)26)19-13-15(2)25(16(19)3)14-17-8-7-12-27-17/h5-10,12-13,21,23H,4,11,14H2,1-3H3/t21-/m0/s1. The molecule has 3 heterocycles. The molecular formula is C22H25N3O2. The zero-order valence-corrected chi connectivity index (χ0v) is 16.0. The van der Waals surface area contributed by atoms with Crippen molar-refractivity contribution in [2.75, 3.05) is 11.9 Å². The van der Waals surface area contributed by atoms with E-state index in [-0.39, 0.29) is 12.1 Å². The first-order chi connectivity index (χ1) is 13.1. The molecule has 0 spiro atoms. The summed E-state index contributed by atoms with van der Waals surface area (Å²) in [4.78, 5) is 15.1. The molecule has 1 aliphatic rings. The molecule has 5 nitrogen and oxygen atoms in total. The van der Waals surface area contributed by atoms with Crippen LogP contribution in [-0.4, -0.2) is 21.9 Å². The van der Waals surface area contributed by atoms with E-state index in [2.05, 4.69) is 36.7 Å². The number of aryl methyl sites for hydroxylation is 1. The van der Waals surface area contributed by atoms with E-state index >= 15 is 0 Å². The lowest BCUT2D eigenvalue weighted by Gasteiger charge is -2.38. The predicted molar refractivity (Wildman–Crippen MR) is 106 cm³/mol. The second-order valence-corrected chi connectivity index (χ2v) is 7.08. The van der Waals surface area contributed by atoms with Gasteiger partial charge in [0.1, 0.15) is 11.9 Å². The Morgan fingerprint density at radius 1 is 1.15 bits per heavy atom. The summed E-state index contributed by atoms with van der Waals surface area (Å²) in [5.41, 5.74) is 5.08. The molecule has 1 atom stereocenters. The van der Waals surface area contributed by atoms with Gasteiger partial charge in [0.05, 0.1) is 18.4 Å². The van der Waals surface area contributed by atoms with E-state index in [4.69, 9.17) is 4.42 Å². The monoisotopic (exact) mass is 363 g/mol. The van der Waals surface area contributed by atoms with Gasteiger partial charge in [0.15, 0.2) is 0 Å². The zero-order valence-electron chi connectivity index (χ0n) is 16.0. The van der Waals surface area contributed by atoms with Gasteiger partial charge in [0.2, 0.25) is 0 Å². The molecule has 0 aliphatic carbocycles. The van der Waals surface area contributed by atoms with Crippen molar-refractivity contribution in [1.82, 2.24) is 9.47 Å². The lowest BCUT2D eigenvalue weighted by Crippen LogP contribution is -2.43. The minimum atomic E-state index is -0.163. The maximum atomic E-state index is 13.1. The zero-order chi connectivity index (χ0) is 19.0. The lowest BCUT2D eigenvalue weighted by molar-refractivity contribution is 0.0683. The fourth-order valence-corrected chi connectivity index (χ4v) is 3.92. The second kappa shape index (κ2) is 6.99. The Labute approximate surface area is 159 Å². The van der Waals surface area contributed by atoms with E-state index in [1.54, 1.807) is 6.26 Å². The largest absolute Gasteiger partial charge is 0.467 e. The molecule has 0 bridgehead atoms. The average Bonchev–Trinajstić information content (AvgIpc) is 3.28. The number of furan rings is 1. The van der Waals surface area contributed by atoms with Crippen LogP contribution < -0.4 is 5.32 Å². The summed E-state index contributed by atoms with van der Waals surface area (Å²) in [6.45, 7) is 7.72. The van der Waals surface area contributed by atoms with Crippen LogP contribution in [0.15, 0.2) is 53.1 Å².